The molecule has 0 saturated carbocycles. The lowest BCUT2D eigenvalue weighted by Crippen LogP contribution is -2.37. The standard InChI is InChI=1S/C7H14BrNO3S/c1-6-7(4-10)2-3-9(6)13(11,12)5-8/h6-7,10H,2-5H2,1H3. The van der Waals surface area contributed by atoms with Gasteiger partial charge in [0.2, 0.25) is 10.0 Å². The molecule has 4 nitrogen and oxygen atoms in total. The summed E-state index contributed by atoms with van der Waals surface area (Å²) in [7, 11) is -3.15. The van der Waals surface area contributed by atoms with Crippen molar-refractivity contribution < 1.29 is 13.5 Å². The third kappa shape index (κ3) is 2.23. The first-order valence-corrected chi connectivity index (χ1v) is 6.92. The lowest BCUT2D eigenvalue weighted by Gasteiger charge is -2.22. The van der Waals surface area contributed by atoms with E-state index in [0.29, 0.717) is 6.54 Å². The van der Waals surface area contributed by atoms with E-state index in [1.54, 1.807) is 0 Å². The molecule has 1 aliphatic rings. The maximum Gasteiger partial charge on any atom is 0.224 e. The van der Waals surface area contributed by atoms with Crippen molar-refractivity contribution in [1.82, 2.24) is 4.31 Å². The minimum absolute atomic E-state index is 0.0392. The fourth-order valence-electron chi connectivity index (χ4n) is 1.67. The van der Waals surface area contributed by atoms with Crippen molar-refractivity contribution in [3.8, 4) is 0 Å². The largest absolute Gasteiger partial charge is 0.396 e. The summed E-state index contributed by atoms with van der Waals surface area (Å²) in [6.07, 6.45) is 0.754. The number of rotatable bonds is 3. The van der Waals surface area contributed by atoms with E-state index < -0.39 is 10.0 Å². The molecule has 2 atom stereocenters. The highest BCUT2D eigenvalue weighted by atomic mass is 79.9. The molecule has 0 bridgehead atoms. The molecule has 13 heavy (non-hydrogen) atoms. The van der Waals surface area contributed by atoms with E-state index in [9.17, 15) is 8.42 Å². The second-order valence-electron chi connectivity index (χ2n) is 3.30. The van der Waals surface area contributed by atoms with E-state index in [-0.39, 0.29) is 23.2 Å². The highest BCUT2D eigenvalue weighted by Crippen LogP contribution is 2.26. The molecule has 0 aromatic rings. The zero-order valence-electron chi connectivity index (χ0n) is 7.48. The molecule has 1 N–H and O–H groups in total. The Labute approximate surface area is 87.1 Å². The van der Waals surface area contributed by atoms with Crippen molar-refractivity contribution in [2.45, 2.75) is 19.4 Å². The van der Waals surface area contributed by atoms with Gasteiger partial charge in [-0.1, -0.05) is 15.9 Å². The molecule has 0 aliphatic carbocycles. The molecule has 1 aliphatic heterocycles. The number of sulfonamides is 1. The van der Waals surface area contributed by atoms with Gasteiger partial charge >= 0.3 is 0 Å². The lowest BCUT2D eigenvalue weighted by atomic mass is 10.0. The first-order chi connectivity index (χ1) is 6.03. The molecule has 0 aromatic carbocycles. The summed E-state index contributed by atoms with van der Waals surface area (Å²) in [4.78, 5) is 0. The molecule has 2 unspecified atom stereocenters. The van der Waals surface area contributed by atoms with Crippen molar-refractivity contribution in [1.29, 1.82) is 0 Å². The molecule has 1 heterocycles. The fourth-order valence-corrected chi connectivity index (χ4v) is 3.65. The van der Waals surface area contributed by atoms with Gasteiger partial charge in [-0.05, 0) is 19.3 Å². The first-order valence-electron chi connectivity index (χ1n) is 4.19. The second-order valence-corrected chi connectivity index (χ2v) is 6.53. The van der Waals surface area contributed by atoms with Gasteiger partial charge < -0.3 is 5.11 Å². The number of aliphatic hydroxyl groups excluding tert-OH is 1. The zero-order valence-corrected chi connectivity index (χ0v) is 9.88. The molecular weight excluding hydrogens is 258 g/mol. The van der Waals surface area contributed by atoms with Crippen LogP contribution in [0.2, 0.25) is 0 Å². The highest BCUT2D eigenvalue weighted by molar-refractivity contribution is 9.10. The molecular formula is C7H14BrNO3S. The van der Waals surface area contributed by atoms with E-state index in [4.69, 9.17) is 5.11 Å². The van der Waals surface area contributed by atoms with Gasteiger partial charge in [0.15, 0.2) is 0 Å². The van der Waals surface area contributed by atoms with Crippen molar-refractivity contribution >= 4 is 26.0 Å². The maximum atomic E-state index is 11.5. The molecule has 6 heteroatoms. The molecule has 1 rings (SSSR count). The molecule has 0 radical (unpaired) electrons. The zero-order chi connectivity index (χ0) is 10.1. The molecule has 78 valence electrons. The highest BCUT2D eigenvalue weighted by Gasteiger charge is 2.36. The Morgan fingerprint density at radius 2 is 2.23 bits per heavy atom. The van der Waals surface area contributed by atoms with Crippen LogP contribution < -0.4 is 0 Å². The van der Waals surface area contributed by atoms with Gasteiger partial charge in [-0.2, -0.15) is 4.31 Å². The van der Waals surface area contributed by atoms with Crippen LogP contribution >= 0.6 is 15.9 Å². The van der Waals surface area contributed by atoms with Gasteiger partial charge in [0.25, 0.3) is 0 Å². The van der Waals surface area contributed by atoms with E-state index in [0.717, 1.165) is 6.42 Å². The maximum absolute atomic E-state index is 11.5. The van der Waals surface area contributed by atoms with Crippen LogP contribution in [0.25, 0.3) is 0 Å². The summed E-state index contributed by atoms with van der Waals surface area (Å²) in [6, 6.07) is -0.0763. The minimum Gasteiger partial charge on any atom is -0.396 e. The number of hydrogen-bond donors (Lipinski definition) is 1. The predicted molar refractivity (Wildman–Crippen MR) is 54.1 cm³/mol. The third-order valence-corrected chi connectivity index (χ3v) is 5.83. The van der Waals surface area contributed by atoms with Crippen LogP contribution in [0.15, 0.2) is 0 Å². The van der Waals surface area contributed by atoms with Crippen LogP contribution in [-0.4, -0.2) is 41.7 Å². The molecule has 1 fully saturated rings. The summed E-state index contributed by atoms with van der Waals surface area (Å²) in [6.45, 7) is 2.43. The van der Waals surface area contributed by atoms with Gasteiger partial charge in [-0.3, -0.25) is 0 Å². The average molecular weight is 272 g/mol. The van der Waals surface area contributed by atoms with Crippen molar-refractivity contribution in [2.24, 2.45) is 5.92 Å². The summed E-state index contributed by atoms with van der Waals surface area (Å²) in [5.74, 6) is 0.0915. The molecule has 0 amide bonds. The topological polar surface area (TPSA) is 57.6 Å². The van der Waals surface area contributed by atoms with Gasteiger partial charge in [0.1, 0.15) is 4.66 Å². The lowest BCUT2D eigenvalue weighted by molar-refractivity contribution is 0.206. The minimum atomic E-state index is -3.15. The summed E-state index contributed by atoms with van der Waals surface area (Å²) in [5, 5.41) is 8.96. The summed E-state index contributed by atoms with van der Waals surface area (Å²) < 4.78 is 24.4. The van der Waals surface area contributed by atoms with Gasteiger partial charge in [0, 0.05) is 19.2 Å². The van der Waals surface area contributed by atoms with Crippen LogP contribution in [0.5, 0.6) is 0 Å². The Kier molecular flexibility index (Phi) is 3.73. The Morgan fingerprint density at radius 1 is 1.62 bits per heavy atom. The molecule has 0 aromatic heterocycles. The quantitative estimate of drug-likeness (QED) is 0.755. The number of aliphatic hydroxyl groups is 1. The monoisotopic (exact) mass is 271 g/mol. The number of nitrogens with zero attached hydrogens (tertiary/aromatic N) is 1. The normalized spacial score (nSPS) is 31.0. The third-order valence-electron chi connectivity index (χ3n) is 2.59. The van der Waals surface area contributed by atoms with Crippen molar-refractivity contribution in [2.75, 3.05) is 17.8 Å². The van der Waals surface area contributed by atoms with Crippen LogP contribution in [0.3, 0.4) is 0 Å². The average Bonchev–Trinajstić information content (AvgIpc) is 2.47. The Balaban J connectivity index is 2.76. The van der Waals surface area contributed by atoms with E-state index in [1.165, 1.54) is 4.31 Å². The Bertz CT molecular complexity index is 267. The smallest absolute Gasteiger partial charge is 0.224 e. The van der Waals surface area contributed by atoms with E-state index in [2.05, 4.69) is 15.9 Å². The van der Waals surface area contributed by atoms with Crippen LogP contribution in [0.4, 0.5) is 0 Å². The fraction of sp³-hybridized carbons (Fsp3) is 1.00. The van der Waals surface area contributed by atoms with Crippen molar-refractivity contribution in [3.63, 3.8) is 0 Å². The van der Waals surface area contributed by atoms with Crippen LogP contribution in [0.1, 0.15) is 13.3 Å². The second kappa shape index (κ2) is 4.25. The number of hydrogen-bond acceptors (Lipinski definition) is 3. The first kappa shape index (κ1) is 11.4. The predicted octanol–water partition coefficient (Wildman–Crippen LogP) is 0.371. The van der Waals surface area contributed by atoms with Gasteiger partial charge in [-0.15, -0.1) is 0 Å². The summed E-state index contributed by atoms with van der Waals surface area (Å²) in [5.41, 5.74) is 0. The van der Waals surface area contributed by atoms with Gasteiger partial charge in [-0.25, -0.2) is 8.42 Å². The summed E-state index contributed by atoms with van der Waals surface area (Å²) >= 11 is 2.96. The Hall–Kier alpha value is 0.350. The molecule has 1 saturated heterocycles. The number of alkyl halides is 1. The van der Waals surface area contributed by atoms with Gasteiger partial charge in [0.05, 0.1) is 0 Å². The van der Waals surface area contributed by atoms with Crippen LogP contribution in [0, 0.1) is 5.92 Å². The van der Waals surface area contributed by atoms with Crippen molar-refractivity contribution in [3.05, 3.63) is 0 Å². The van der Waals surface area contributed by atoms with Crippen LogP contribution in [-0.2, 0) is 10.0 Å². The number of halogens is 1. The SMILES string of the molecule is CC1C(CO)CCN1S(=O)(=O)CBr. The Morgan fingerprint density at radius 3 is 2.62 bits per heavy atom. The molecule has 0 spiro atoms. The van der Waals surface area contributed by atoms with E-state index >= 15 is 0 Å². The van der Waals surface area contributed by atoms with E-state index in [1.807, 2.05) is 6.92 Å².